The zero-order chi connectivity index (χ0) is 31.2. The summed E-state index contributed by atoms with van der Waals surface area (Å²) in [4.78, 5) is 9.00. The fraction of sp³-hybridized carbons (Fsp3) is 0.467. The number of para-hydroxylation sites is 1. The first-order valence-electron chi connectivity index (χ1n) is 14.5. The lowest BCUT2D eigenvalue weighted by atomic mass is 10.0. The smallest absolute Gasteiger partial charge is 0.416 e. The normalized spacial score (nSPS) is 17.3. The Morgan fingerprint density at radius 3 is 2.05 bits per heavy atom. The summed E-state index contributed by atoms with van der Waals surface area (Å²) in [5, 5.41) is 6.48. The van der Waals surface area contributed by atoms with Gasteiger partial charge in [-0.3, -0.25) is 5.43 Å². The standard InChI is InChI=1S/C30H33F6N7O/c1-41-39-28(38-40-41)43(16-20-10-23(29(31,32)33)13-24(11-20)30(34,35)36)17-22-12-21-4-3-5-25(44-2)26(21)37-27(22)42(14-18-6-7-18)15-19-8-9-19/h3-5,10-13,18-19,40H,6-9,14-17H2,1-2H3,(H,38,39). The van der Waals surface area contributed by atoms with E-state index in [4.69, 9.17) is 9.72 Å². The molecule has 2 aliphatic carbocycles. The minimum atomic E-state index is -4.95. The van der Waals surface area contributed by atoms with Crippen molar-refractivity contribution in [2.24, 2.45) is 16.9 Å². The number of rotatable bonds is 10. The van der Waals surface area contributed by atoms with Crippen molar-refractivity contribution in [3.63, 3.8) is 0 Å². The molecule has 0 radical (unpaired) electrons. The molecule has 14 heteroatoms. The summed E-state index contributed by atoms with van der Waals surface area (Å²) < 4.78 is 87.7. The number of hydrazone groups is 1. The van der Waals surface area contributed by atoms with Crippen molar-refractivity contribution in [1.29, 1.82) is 0 Å². The summed E-state index contributed by atoms with van der Waals surface area (Å²) in [7, 11) is 3.22. The van der Waals surface area contributed by atoms with Gasteiger partial charge in [0.1, 0.15) is 17.1 Å². The van der Waals surface area contributed by atoms with Crippen molar-refractivity contribution < 1.29 is 31.1 Å². The Labute approximate surface area is 250 Å². The van der Waals surface area contributed by atoms with Crippen LogP contribution in [0.2, 0.25) is 0 Å². The van der Waals surface area contributed by atoms with Gasteiger partial charge in [0.15, 0.2) is 0 Å². The van der Waals surface area contributed by atoms with E-state index in [0.717, 1.165) is 67.7 Å². The number of ether oxygens (including phenoxy) is 1. The third-order valence-electron chi connectivity index (χ3n) is 7.99. The fourth-order valence-corrected chi connectivity index (χ4v) is 5.44. The molecule has 0 atom stereocenters. The molecule has 0 bridgehead atoms. The van der Waals surface area contributed by atoms with E-state index in [9.17, 15) is 26.3 Å². The van der Waals surface area contributed by atoms with E-state index < -0.39 is 23.5 Å². The number of nitrogens with zero attached hydrogens (tertiary/aromatic N) is 5. The van der Waals surface area contributed by atoms with E-state index in [2.05, 4.69) is 21.0 Å². The van der Waals surface area contributed by atoms with Crippen LogP contribution in [0.5, 0.6) is 5.75 Å². The number of fused-ring (bicyclic) bond motifs is 1. The van der Waals surface area contributed by atoms with Gasteiger partial charge >= 0.3 is 12.4 Å². The second-order valence-electron chi connectivity index (χ2n) is 11.8. The molecule has 0 unspecified atom stereocenters. The summed E-state index contributed by atoms with van der Waals surface area (Å²) in [6, 6.07) is 9.21. The number of anilines is 1. The summed E-state index contributed by atoms with van der Waals surface area (Å²) in [5.74, 6) is 2.69. The zero-order valence-electron chi connectivity index (χ0n) is 24.3. The number of alkyl halides is 6. The molecule has 0 amide bonds. The van der Waals surface area contributed by atoms with Gasteiger partial charge in [0.2, 0.25) is 5.96 Å². The molecule has 2 heterocycles. The van der Waals surface area contributed by atoms with Gasteiger partial charge in [0, 0.05) is 44.2 Å². The quantitative estimate of drug-likeness (QED) is 0.264. The van der Waals surface area contributed by atoms with Crippen LogP contribution >= 0.6 is 0 Å². The SMILES string of the molecule is COc1cccc2cc(CN(Cc3cc(C(F)(F)F)cc(C(F)(F)F)c3)C3=NNN(C)N3)c(N(CC3CC3)CC3CC3)nc12. The van der Waals surface area contributed by atoms with Crippen molar-refractivity contribution in [1.82, 2.24) is 26.0 Å². The lowest BCUT2D eigenvalue weighted by molar-refractivity contribution is -0.143. The first-order chi connectivity index (χ1) is 20.9. The largest absolute Gasteiger partial charge is 0.494 e. The highest BCUT2D eigenvalue weighted by Gasteiger charge is 2.37. The molecular weight excluding hydrogens is 588 g/mol. The van der Waals surface area contributed by atoms with Crippen molar-refractivity contribution in [3.05, 3.63) is 64.7 Å². The number of methoxy groups -OCH3 is 1. The number of guanidine groups is 1. The molecule has 2 N–H and O–H groups in total. The maximum Gasteiger partial charge on any atom is 0.416 e. The third kappa shape index (κ3) is 6.90. The molecule has 8 nitrogen and oxygen atoms in total. The van der Waals surface area contributed by atoms with E-state index >= 15 is 0 Å². The highest BCUT2D eigenvalue weighted by atomic mass is 19.4. The maximum atomic E-state index is 13.7. The Balaban J connectivity index is 1.43. The van der Waals surface area contributed by atoms with Gasteiger partial charge in [0.05, 0.1) is 18.2 Å². The number of halogens is 6. The van der Waals surface area contributed by atoms with Crippen molar-refractivity contribution >= 4 is 22.7 Å². The van der Waals surface area contributed by atoms with Gasteiger partial charge in [-0.25, -0.2) is 10.5 Å². The molecule has 0 saturated heterocycles. The molecule has 3 aromatic rings. The topological polar surface area (TPSA) is 68.3 Å². The highest BCUT2D eigenvalue weighted by molar-refractivity contribution is 5.87. The van der Waals surface area contributed by atoms with Gasteiger partial charge < -0.3 is 14.5 Å². The van der Waals surface area contributed by atoms with E-state index in [1.54, 1.807) is 19.1 Å². The number of hydrogen-bond donors (Lipinski definition) is 2. The average molecular weight is 622 g/mol. The number of pyridine rings is 1. The van der Waals surface area contributed by atoms with Gasteiger partial charge in [-0.15, -0.1) is 10.2 Å². The second-order valence-corrected chi connectivity index (χ2v) is 11.8. The molecule has 1 aromatic heterocycles. The van der Waals surface area contributed by atoms with Crippen LogP contribution in [-0.2, 0) is 25.4 Å². The summed E-state index contributed by atoms with van der Waals surface area (Å²) >= 11 is 0. The van der Waals surface area contributed by atoms with Gasteiger partial charge in [-0.2, -0.15) is 26.3 Å². The van der Waals surface area contributed by atoms with Crippen LogP contribution in [-0.4, -0.2) is 48.2 Å². The summed E-state index contributed by atoms with van der Waals surface area (Å²) in [6.07, 6.45) is -5.37. The summed E-state index contributed by atoms with van der Waals surface area (Å²) in [6.45, 7) is 1.47. The molecule has 236 valence electrons. The van der Waals surface area contributed by atoms with Crippen molar-refractivity contribution in [2.45, 2.75) is 51.1 Å². The average Bonchev–Trinajstić information content (AvgIpc) is 3.91. The van der Waals surface area contributed by atoms with Crippen LogP contribution in [0.3, 0.4) is 0 Å². The van der Waals surface area contributed by atoms with E-state index in [1.807, 2.05) is 24.3 Å². The zero-order valence-corrected chi connectivity index (χ0v) is 24.3. The second kappa shape index (κ2) is 11.5. The van der Waals surface area contributed by atoms with Crippen LogP contribution in [0.1, 0.15) is 47.9 Å². The lowest BCUT2D eigenvalue weighted by Crippen LogP contribution is -2.44. The predicted molar refractivity (Wildman–Crippen MR) is 153 cm³/mol. The van der Waals surface area contributed by atoms with Crippen LogP contribution in [0, 0.1) is 11.8 Å². The van der Waals surface area contributed by atoms with Gasteiger partial charge in [-0.1, -0.05) is 12.1 Å². The Morgan fingerprint density at radius 2 is 1.52 bits per heavy atom. The Hall–Kier alpha value is -3.94. The third-order valence-corrected chi connectivity index (χ3v) is 7.99. The highest BCUT2D eigenvalue weighted by Crippen LogP contribution is 2.39. The van der Waals surface area contributed by atoms with Crippen LogP contribution in [0.25, 0.3) is 10.9 Å². The molecule has 1 aliphatic heterocycles. The Morgan fingerprint density at radius 1 is 0.886 bits per heavy atom. The molecule has 2 aromatic carbocycles. The Bertz CT molecular complexity index is 1510. The number of hydrazine groups is 2. The van der Waals surface area contributed by atoms with Gasteiger partial charge in [-0.05, 0) is 73.4 Å². The van der Waals surface area contributed by atoms with E-state index in [1.165, 1.54) is 5.12 Å². The molecule has 2 fully saturated rings. The summed E-state index contributed by atoms with van der Waals surface area (Å²) in [5.41, 5.74) is 4.26. The molecule has 0 spiro atoms. The van der Waals surface area contributed by atoms with Crippen LogP contribution < -0.4 is 20.6 Å². The molecular formula is C30H33F6N7O. The van der Waals surface area contributed by atoms with E-state index in [0.29, 0.717) is 23.1 Å². The van der Waals surface area contributed by atoms with Crippen LogP contribution in [0.4, 0.5) is 32.2 Å². The number of hydrogen-bond acceptors (Lipinski definition) is 8. The molecule has 6 rings (SSSR count). The fourth-order valence-electron chi connectivity index (χ4n) is 5.44. The van der Waals surface area contributed by atoms with Crippen molar-refractivity contribution in [3.8, 4) is 5.75 Å². The van der Waals surface area contributed by atoms with E-state index in [-0.39, 0.29) is 30.7 Å². The van der Waals surface area contributed by atoms with Gasteiger partial charge in [0.25, 0.3) is 0 Å². The van der Waals surface area contributed by atoms with Crippen molar-refractivity contribution in [2.75, 3.05) is 32.1 Å². The Kier molecular flexibility index (Phi) is 7.89. The van der Waals surface area contributed by atoms with Crippen LogP contribution in [0.15, 0.2) is 47.6 Å². The molecule has 3 aliphatic rings. The maximum absolute atomic E-state index is 13.7. The number of benzene rings is 2. The minimum absolute atomic E-state index is 0.111. The lowest BCUT2D eigenvalue weighted by Gasteiger charge is -2.30. The monoisotopic (exact) mass is 621 g/mol. The number of aromatic nitrogens is 1. The predicted octanol–water partition coefficient (Wildman–Crippen LogP) is 6.14. The first-order valence-corrected chi connectivity index (χ1v) is 14.5. The first kappa shape index (κ1) is 30.1. The molecule has 44 heavy (non-hydrogen) atoms. The number of nitrogens with one attached hydrogen (secondary N) is 2. The minimum Gasteiger partial charge on any atom is -0.494 e. The molecule has 2 saturated carbocycles.